The predicted molar refractivity (Wildman–Crippen MR) is 179 cm³/mol. The van der Waals surface area contributed by atoms with Crippen molar-refractivity contribution in [3.05, 3.63) is 140 Å². The first-order valence-electron chi connectivity index (χ1n) is 12.5. The molecule has 0 radical (unpaired) electrons. The van der Waals surface area contributed by atoms with Crippen molar-refractivity contribution in [2.24, 2.45) is 5.10 Å². The topological polar surface area (TPSA) is 55.6 Å². The molecule has 0 bridgehead atoms. The van der Waals surface area contributed by atoms with Gasteiger partial charge in [0.2, 0.25) is 0 Å². The number of hydrazone groups is 1. The molecule has 1 heterocycles. The molecule has 40 heavy (non-hydrogen) atoms. The molecule has 7 heteroatoms. The molecule has 5 nitrogen and oxygen atoms in total. The summed E-state index contributed by atoms with van der Waals surface area (Å²) < 4.78 is 9.87. The molecule has 5 aromatic rings. The number of carbonyl (C=O) groups excluding carboxylic acids is 1. The molecule has 0 spiro atoms. The highest BCUT2D eigenvalue weighted by Crippen LogP contribution is 2.32. The van der Waals surface area contributed by atoms with Gasteiger partial charge in [0, 0.05) is 11.3 Å². The molecule has 0 saturated heterocycles. The summed E-state index contributed by atoms with van der Waals surface area (Å²) in [7, 11) is 0. The number of benzene rings is 4. The average Bonchev–Trinajstić information content (AvgIpc) is 3.43. The van der Waals surface area contributed by atoms with Crippen LogP contribution in [0.5, 0.6) is 5.75 Å². The summed E-state index contributed by atoms with van der Waals surface area (Å²) in [5.74, 6) is 0.535. The normalized spacial score (nSPS) is 10.9. The molecule has 4 aromatic carbocycles. The van der Waals surface area contributed by atoms with Gasteiger partial charge in [-0.3, -0.25) is 4.79 Å². The first-order chi connectivity index (χ1) is 19.5. The second-order valence-corrected chi connectivity index (χ2v) is 11.2. The fourth-order valence-corrected chi connectivity index (χ4v) is 6.44. The maximum atomic E-state index is 12.9. The van der Waals surface area contributed by atoms with E-state index in [0.29, 0.717) is 12.2 Å². The van der Waals surface area contributed by atoms with Gasteiger partial charge < -0.3 is 9.30 Å². The molecule has 0 unspecified atom stereocenters. The van der Waals surface area contributed by atoms with Gasteiger partial charge >= 0.3 is 0 Å². The standard InChI is InChI=1S/C33H25I2N3O2/c1-2-19-40-32-28(34)20-23(21-29(32)35)22-36-37-33(39)26-13-15-27(16-14-26)38-30(24-9-5-3-6-10-24)17-18-31(38)25-11-7-4-8-12-25/h2-18,20-22H,1,19H2,(H,37,39)/b36-22-. The predicted octanol–water partition coefficient (Wildman–Crippen LogP) is 8.35. The second kappa shape index (κ2) is 13.1. The number of aromatic nitrogens is 1. The van der Waals surface area contributed by atoms with Gasteiger partial charge in [-0.05, 0) is 110 Å². The van der Waals surface area contributed by atoms with Crippen LogP contribution in [0.15, 0.2) is 127 Å². The minimum atomic E-state index is -0.280. The van der Waals surface area contributed by atoms with Crippen LogP contribution < -0.4 is 10.2 Å². The average molecular weight is 749 g/mol. The molecule has 198 valence electrons. The van der Waals surface area contributed by atoms with E-state index in [1.54, 1.807) is 12.3 Å². The Morgan fingerprint density at radius 1 is 0.825 bits per heavy atom. The zero-order chi connectivity index (χ0) is 27.9. The van der Waals surface area contributed by atoms with E-state index in [1.807, 2.05) is 72.8 Å². The van der Waals surface area contributed by atoms with Crippen LogP contribution in [0.2, 0.25) is 0 Å². The third-order valence-corrected chi connectivity index (χ3v) is 7.76. The lowest BCUT2D eigenvalue weighted by Gasteiger charge is -2.15. The molecule has 0 aliphatic rings. The van der Waals surface area contributed by atoms with Gasteiger partial charge in [-0.1, -0.05) is 73.3 Å². The molecule has 0 fully saturated rings. The maximum Gasteiger partial charge on any atom is 0.271 e. The van der Waals surface area contributed by atoms with Gasteiger partial charge in [0.15, 0.2) is 0 Å². The zero-order valence-electron chi connectivity index (χ0n) is 21.4. The molecule has 0 saturated carbocycles. The summed E-state index contributed by atoms with van der Waals surface area (Å²) in [4.78, 5) is 12.9. The second-order valence-electron chi connectivity index (χ2n) is 8.83. The van der Waals surface area contributed by atoms with E-state index in [2.05, 4.69) is 103 Å². The van der Waals surface area contributed by atoms with Crippen LogP contribution in [0.4, 0.5) is 0 Å². The van der Waals surface area contributed by atoms with Gasteiger partial charge in [0.1, 0.15) is 12.4 Å². The molecule has 1 amide bonds. The maximum absolute atomic E-state index is 12.9. The van der Waals surface area contributed by atoms with Gasteiger partial charge in [-0.25, -0.2) is 5.43 Å². The van der Waals surface area contributed by atoms with Crippen LogP contribution in [0.25, 0.3) is 28.2 Å². The Labute approximate surface area is 260 Å². The molecule has 1 N–H and O–H groups in total. The number of hydrogen-bond acceptors (Lipinski definition) is 3. The van der Waals surface area contributed by atoms with Crippen molar-refractivity contribution in [1.29, 1.82) is 0 Å². The minimum absolute atomic E-state index is 0.280. The summed E-state index contributed by atoms with van der Waals surface area (Å²) in [5, 5.41) is 4.18. The molecular formula is C33H25I2N3O2. The first-order valence-corrected chi connectivity index (χ1v) is 14.7. The van der Waals surface area contributed by atoms with Gasteiger partial charge in [0.05, 0.1) is 24.7 Å². The van der Waals surface area contributed by atoms with Crippen molar-refractivity contribution < 1.29 is 9.53 Å². The Morgan fingerprint density at radius 2 is 1.38 bits per heavy atom. The van der Waals surface area contributed by atoms with Crippen LogP contribution in [0.3, 0.4) is 0 Å². The highest BCUT2D eigenvalue weighted by Gasteiger charge is 2.14. The van der Waals surface area contributed by atoms with E-state index in [0.717, 1.165) is 46.7 Å². The molecule has 0 aliphatic heterocycles. The van der Waals surface area contributed by atoms with Gasteiger partial charge in [-0.15, -0.1) is 0 Å². The largest absolute Gasteiger partial charge is 0.487 e. The van der Waals surface area contributed by atoms with Crippen molar-refractivity contribution >= 4 is 57.3 Å². The van der Waals surface area contributed by atoms with Crippen molar-refractivity contribution in [3.63, 3.8) is 0 Å². The first kappa shape index (κ1) is 27.9. The summed E-state index contributed by atoms with van der Waals surface area (Å²) >= 11 is 4.46. The van der Waals surface area contributed by atoms with Crippen LogP contribution in [-0.4, -0.2) is 23.3 Å². The summed E-state index contributed by atoms with van der Waals surface area (Å²) in [6, 6.07) is 36.3. The summed E-state index contributed by atoms with van der Waals surface area (Å²) in [6.07, 6.45) is 3.35. The Hall–Kier alpha value is -3.70. The van der Waals surface area contributed by atoms with E-state index in [9.17, 15) is 4.79 Å². The fourth-order valence-electron chi connectivity index (χ4n) is 4.31. The van der Waals surface area contributed by atoms with Crippen molar-refractivity contribution in [2.45, 2.75) is 0 Å². The number of nitrogens with zero attached hydrogens (tertiary/aromatic N) is 2. The number of carbonyl (C=O) groups is 1. The molecule has 0 aliphatic carbocycles. The van der Waals surface area contributed by atoms with E-state index in [-0.39, 0.29) is 5.91 Å². The van der Waals surface area contributed by atoms with Crippen LogP contribution in [-0.2, 0) is 0 Å². The number of nitrogens with one attached hydrogen (secondary N) is 1. The third-order valence-electron chi connectivity index (χ3n) is 6.15. The zero-order valence-corrected chi connectivity index (χ0v) is 25.7. The molecule has 0 atom stereocenters. The van der Waals surface area contributed by atoms with Crippen LogP contribution >= 0.6 is 45.2 Å². The smallest absolute Gasteiger partial charge is 0.271 e. The number of hydrogen-bond donors (Lipinski definition) is 1. The Bertz CT molecular complexity index is 1580. The summed E-state index contributed by atoms with van der Waals surface area (Å²) in [5.41, 5.74) is 9.37. The number of halogens is 2. The Morgan fingerprint density at radius 3 is 1.90 bits per heavy atom. The third kappa shape index (κ3) is 6.37. The lowest BCUT2D eigenvalue weighted by Crippen LogP contribution is -2.17. The van der Waals surface area contributed by atoms with Crippen molar-refractivity contribution in [2.75, 3.05) is 6.61 Å². The number of rotatable bonds is 9. The van der Waals surface area contributed by atoms with E-state index in [4.69, 9.17) is 4.74 Å². The molecule has 1 aromatic heterocycles. The van der Waals surface area contributed by atoms with E-state index >= 15 is 0 Å². The van der Waals surface area contributed by atoms with Crippen LogP contribution in [0, 0.1) is 7.14 Å². The quantitative estimate of drug-likeness (QED) is 0.0714. The van der Waals surface area contributed by atoms with Crippen LogP contribution in [0.1, 0.15) is 15.9 Å². The summed E-state index contributed by atoms with van der Waals surface area (Å²) in [6.45, 7) is 4.14. The van der Waals surface area contributed by atoms with Gasteiger partial charge in [0.25, 0.3) is 5.91 Å². The Kier molecular flexibility index (Phi) is 9.12. The fraction of sp³-hybridized carbons (Fsp3) is 0.0303. The Balaban J connectivity index is 1.36. The minimum Gasteiger partial charge on any atom is -0.487 e. The highest BCUT2D eigenvalue weighted by atomic mass is 127. The van der Waals surface area contributed by atoms with E-state index < -0.39 is 0 Å². The monoisotopic (exact) mass is 749 g/mol. The van der Waals surface area contributed by atoms with Gasteiger partial charge in [-0.2, -0.15) is 5.10 Å². The van der Waals surface area contributed by atoms with Crippen molar-refractivity contribution in [1.82, 2.24) is 9.99 Å². The lowest BCUT2D eigenvalue weighted by atomic mass is 10.1. The molecular weight excluding hydrogens is 724 g/mol. The molecule has 5 rings (SSSR count). The highest BCUT2D eigenvalue weighted by molar-refractivity contribution is 14.1. The SMILES string of the molecule is C=CCOc1c(I)cc(/C=N\NC(=O)c2ccc(-n3c(-c4ccccc4)ccc3-c3ccccc3)cc2)cc1I. The number of amides is 1. The van der Waals surface area contributed by atoms with Crippen molar-refractivity contribution in [3.8, 4) is 34.0 Å². The van der Waals surface area contributed by atoms with E-state index in [1.165, 1.54) is 0 Å². The lowest BCUT2D eigenvalue weighted by molar-refractivity contribution is 0.0955. The number of ether oxygens (including phenoxy) is 1.